The molecule has 0 saturated carbocycles. The van der Waals surface area contributed by atoms with Crippen LogP contribution in [0, 0.1) is 5.82 Å². The number of hydrogen-bond donors (Lipinski definition) is 2. The van der Waals surface area contributed by atoms with E-state index in [0.29, 0.717) is 23.0 Å². The molecule has 0 unspecified atom stereocenters. The van der Waals surface area contributed by atoms with Crippen molar-refractivity contribution in [1.82, 2.24) is 19.5 Å². The highest BCUT2D eigenvalue weighted by Gasteiger charge is 2.17. The van der Waals surface area contributed by atoms with Crippen LogP contribution in [0.25, 0.3) is 5.82 Å². The SMILES string of the molecule is CCOc1ccc(S(=O)(=O)Nc2ccc(Nc3cc(-n4ccnc4)ncn3)cc2)cc1F. The van der Waals surface area contributed by atoms with Gasteiger partial charge in [-0.1, -0.05) is 0 Å². The lowest BCUT2D eigenvalue weighted by Gasteiger charge is -2.11. The Bertz CT molecular complexity index is 1310. The maximum atomic E-state index is 14.0. The maximum Gasteiger partial charge on any atom is 0.262 e. The molecule has 0 aliphatic rings. The molecule has 0 spiro atoms. The molecule has 0 fully saturated rings. The molecule has 0 bridgehead atoms. The monoisotopic (exact) mass is 454 g/mol. The van der Waals surface area contributed by atoms with Gasteiger partial charge in [-0.05, 0) is 49.4 Å². The lowest BCUT2D eigenvalue weighted by Crippen LogP contribution is -2.13. The average molecular weight is 454 g/mol. The van der Waals surface area contributed by atoms with Crippen LogP contribution in [0.5, 0.6) is 5.75 Å². The van der Waals surface area contributed by atoms with E-state index in [0.717, 1.165) is 6.07 Å². The molecule has 32 heavy (non-hydrogen) atoms. The quantitative estimate of drug-likeness (QED) is 0.417. The van der Waals surface area contributed by atoms with Crippen LogP contribution in [0.15, 0.2) is 78.5 Å². The van der Waals surface area contributed by atoms with E-state index in [9.17, 15) is 12.8 Å². The van der Waals surface area contributed by atoms with Crippen LogP contribution in [0.2, 0.25) is 0 Å². The molecule has 0 saturated heterocycles. The molecule has 0 atom stereocenters. The van der Waals surface area contributed by atoms with Crippen LogP contribution in [0.4, 0.5) is 21.6 Å². The highest BCUT2D eigenvalue weighted by molar-refractivity contribution is 7.92. The van der Waals surface area contributed by atoms with Crippen molar-refractivity contribution in [3.63, 3.8) is 0 Å². The second kappa shape index (κ2) is 9.02. The summed E-state index contributed by atoms with van der Waals surface area (Å²) in [6.45, 7) is 2.00. The summed E-state index contributed by atoms with van der Waals surface area (Å²) in [6, 6.07) is 11.8. The number of aromatic nitrogens is 4. The molecule has 11 heteroatoms. The van der Waals surface area contributed by atoms with Crippen molar-refractivity contribution < 1.29 is 17.5 Å². The molecular formula is C21H19FN6O3S. The van der Waals surface area contributed by atoms with Crippen LogP contribution in [0.1, 0.15) is 6.92 Å². The topological polar surface area (TPSA) is 111 Å². The van der Waals surface area contributed by atoms with Gasteiger partial charge in [0.1, 0.15) is 24.3 Å². The Morgan fingerprint density at radius 1 is 1.06 bits per heavy atom. The van der Waals surface area contributed by atoms with Crippen LogP contribution < -0.4 is 14.8 Å². The Morgan fingerprint density at radius 2 is 1.84 bits per heavy atom. The van der Waals surface area contributed by atoms with Gasteiger partial charge in [0.05, 0.1) is 11.5 Å². The van der Waals surface area contributed by atoms with Crippen molar-refractivity contribution in [2.75, 3.05) is 16.6 Å². The summed E-state index contributed by atoms with van der Waals surface area (Å²) in [6.07, 6.45) is 6.47. The molecule has 4 aromatic rings. The number of ether oxygens (including phenoxy) is 1. The van der Waals surface area contributed by atoms with E-state index >= 15 is 0 Å². The highest BCUT2D eigenvalue weighted by Crippen LogP contribution is 2.24. The molecule has 0 radical (unpaired) electrons. The number of sulfonamides is 1. The second-order valence-corrected chi connectivity index (χ2v) is 8.25. The van der Waals surface area contributed by atoms with E-state index in [1.165, 1.54) is 18.5 Å². The first-order valence-corrected chi connectivity index (χ1v) is 11.1. The van der Waals surface area contributed by atoms with Crippen molar-refractivity contribution in [3.05, 3.63) is 79.4 Å². The minimum atomic E-state index is -3.97. The summed E-state index contributed by atoms with van der Waals surface area (Å²) in [4.78, 5) is 12.2. The van der Waals surface area contributed by atoms with Gasteiger partial charge in [-0.3, -0.25) is 9.29 Å². The molecule has 2 aromatic heterocycles. The number of nitrogens with one attached hydrogen (secondary N) is 2. The van der Waals surface area contributed by atoms with Crippen molar-refractivity contribution >= 4 is 27.2 Å². The Morgan fingerprint density at radius 3 is 2.53 bits per heavy atom. The number of benzene rings is 2. The fraction of sp³-hybridized carbons (Fsp3) is 0.0952. The van der Waals surface area contributed by atoms with Crippen molar-refractivity contribution in [2.45, 2.75) is 11.8 Å². The van der Waals surface area contributed by atoms with Gasteiger partial charge in [0, 0.05) is 29.8 Å². The van der Waals surface area contributed by atoms with Crippen LogP contribution in [0.3, 0.4) is 0 Å². The van der Waals surface area contributed by atoms with Gasteiger partial charge in [-0.2, -0.15) is 0 Å². The second-order valence-electron chi connectivity index (χ2n) is 6.56. The molecule has 2 aromatic carbocycles. The van der Waals surface area contributed by atoms with Gasteiger partial charge in [0.2, 0.25) is 0 Å². The fourth-order valence-electron chi connectivity index (χ4n) is 2.86. The van der Waals surface area contributed by atoms with Crippen LogP contribution in [-0.4, -0.2) is 34.5 Å². The zero-order valence-corrected chi connectivity index (χ0v) is 17.8. The Balaban J connectivity index is 1.46. The van der Waals surface area contributed by atoms with E-state index in [-0.39, 0.29) is 17.3 Å². The number of halogens is 1. The van der Waals surface area contributed by atoms with E-state index < -0.39 is 15.8 Å². The fourth-order valence-corrected chi connectivity index (χ4v) is 3.93. The average Bonchev–Trinajstić information content (AvgIpc) is 3.32. The van der Waals surface area contributed by atoms with Gasteiger partial charge in [-0.25, -0.2) is 27.8 Å². The summed E-state index contributed by atoms with van der Waals surface area (Å²) in [5.74, 6) is 0.464. The summed E-state index contributed by atoms with van der Waals surface area (Å²) >= 11 is 0. The third kappa shape index (κ3) is 4.83. The first-order valence-electron chi connectivity index (χ1n) is 9.57. The lowest BCUT2D eigenvalue weighted by atomic mass is 10.3. The smallest absolute Gasteiger partial charge is 0.262 e. The zero-order chi connectivity index (χ0) is 22.6. The Hall–Kier alpha value is -3.99. The summed E-state index contributed by atoms with van der Waals surface area (Å²) in [7, 11) is -3.97. The predicted molar refractivity (Wildman–Crippen MR) is 117 cm³/mol. The molecule has 2 heterocycles. The minimum Gasteiger partial charge on any atom is -0.491 e. The molecule has 164 valence electrons. The molecule has 2 N–H and O–H groups in total. The number of anilines is 3. The number of rotatable bonds is 8. The van der Waals surface area contributed by atoms with Gasteiger partial charge >= 0.3 is 0 Å². The minimum absolute atomic E-state index is 0.00259. The van der Waals surface area contributed by atoms with E-state index in [1.54, 1.807) is 60.5 Å². The van der Waals surface area contributed by atoms with Crippen LogP contribution in [-0.2, 0) is 10.0 Å². The Labute approximate surface area is 184 Å². The number of nitrogens with zero attached hydrogens (tertiary/aromatic N) is 4. The van der Waals surface area contributed by atoms with Crippen molar-refractivity contribution in [1.29, 1.82) is 0 Å². The molecule has 9 nitrogen and oxygen atoms in total. The lowest BCUT2D eigenvalue weighted by molar-refractivity contribution is 0.321. The molecule has 0 aliphatic heterocycles. The zero-order valence-electron chi connectivity index (χ0n) is 16.9. The standard InChI is InChI=1S/C21H19FN6O3S/c1-2-31-19-8-7-17(11-18(19)22)32(29,30)27-16-5-3-15(4-6-16)26-20-12-21(25-13-24-20)28-10-9-23-14-28/h3-14,27H,2H2,1H3,(H,24,25,26). The normalized spacial score (nSPS) is 11.2. The van der Waals surface area contributed by atoms with Crippen molar-refractivity contribution in [3.8, 4) is 11.6 Å². The molecular weight excluding hydrogens is 435 g/mol. The van der Waals surface area contributed by atoms with Gasteiger partial charge in [-0.15, -0.1) is 0 Å². The third-order valence-electron chi connectivity index (χ3n) is 4.34. The van der Waals surface area contributed by atoms with Crippen molar-refractivity contribution in [2.24, 2.45) is 0 Å². The van der Waals surface area contributed by atoms with E-state index in [1.807, 2.05) is 0 Å². The first kappa shape index (κ1) is 21.2. The predicted octanol–water partition coefficient (Wildman–Crippen LogP) is 3.74. The summed E-state index contributed by atoms with van der Waals surface area (Å²) in [5, 5.41) is 3.13. The number of imidazole rings is 1. The maximum absolute atomic E-state index is 14.0. The third-order valence-corrected chi connectivity index (χ3v) is 5.72. The highest BCUT2D eigenvalue weighted by atomic mass is 32.2. The van der Waals surface area contributed by atoms with E-state index in [2.05, 4.69) is 25.0 Å². The summed E-state index contributed by atoms with van der Waals surface area (Å²) in [5.41, 5.74) is 1.02. The molecule has 0 amide bonds. The first-order chi connectivity index (χ1) is 15.4. The Kier molecular flexibility index (Phi) is 5.99. The molecule has 0 aliphatic carbocycles. The largest absolute Gasteiger partial charge is 0.491 e. The summed E-state index contributed by atoms with van der Waals surface area (Å²) < 4.78 is 48.5. The van der Waals surface area contributed by atoms with Crippen LogP contribution >= 0.6 is 0 Å². The van der Waals surface area contributed by atoms with E-state index in [4.69, 9.17) is 4.74 Å². The molecule has 4 rings (SSSR count). The number of hydrogen-bond acceptors (Lipinski definition) is 7. The van der Waals surface area contributed by atoms with Gasteiger partial charge in [0.25, 0.3) is 10.0 Å². The van der Waals surface area contributed by atoms with Gasteiger partial charge < -0.3 is 10.1 Å². The van der Waals surface area contributed by atoms with Gasteiger partial charge in [0.15, 0.2) is 11.6 Å².